The number of hydrogen-bond acceptors (Lipinski definition) is 4. The summed E-state index contributed by atoms with van der Waals surface area (Å²) in [6, 6.07) is 0.800. The molecule has 1 amide bonds. The smallest absolute Gasteiger partial charge is 0.273 e. The molecule has 98 valence electrons. The van der Waals surface area contributed by atoms with Crippen molar-refractivity contribution in [3.05, 3.63) is 15.0 Å². The largest absolute Gasteiger partial charge is 0.336 e. The van der Waals surface area contributed by atoms with Gasteiger partial charge in [-0.05, 0) is 35.2 Å². The van der Waals surface area contributed by atoms with Crippen molar-refractivity contribution in [2.45, 2.75) is 25.3 Å². The summed E-state index contributed by atoms with van der Waals surface area (Å²) in [7, 11) is 0. The molecular formula is C12H16BrN3OS. The third kappa shape index (κ3) is 2.75. The number of carbonyl (C=O) groups excluding carboxylic acids is 1. The van der Waals surface area contributed by atoms with Crippen LogP contribution in [0.5, 0.6) is 0 Å². The minimum atomic E-state index is 0.0783. The molecule has 1 aromatic heterocycles. The Balaban J connectivity index is 1.63. The average molecular weight is 330 g/mol. The van der Waals surface area contributed by atoms with Gasteiger partial charge in [0.2, 0.25) is 0 Å². The SMILES string of the molecule is O=C(c1csc(Br)n1)N1CCCN(C2CC2)CC1. The van der Waals surface area contributed by atoms with E-state index in [4.69, 9.17) is 0 Å². The van der Waals surface area contributed by atoms with E-state index in [9.17, 15) is 4.79 Å². The van der Waals surface area contributed by atoms with E-state index in [1.165, 1.54) is 24.2 Å². The highest BCUT2D eigenvalue weighted by Gasteiger charge is 2.31. The molecule has 6 heteroatoms. The molecule has 0 N–H and O–H groups in total. The first-order valence-electron chi connectivity index (χ1n) is 6.38. The van der Waals surface area contributed by atoms with E-state index < -0.39 is 0 Å². The minimum absolute atomic E-state index is 0.0783. The molecule has 0 bridgehead atoms. The lowest BCUT2D eigenvalue weighted by molar-refractivity contribution is 0.0755. The standard InChI is InChI=1S/C12H16BrN3OS/c13-12-14-10(8-18-12)11(17)16-5-1-4-15(6-7-16)9-2-3-9/h8-9H,1-7H2. The minimum Gasteiger partial charge on any atom is -0.336 e. The Morgan fingerprint density at radius 3 is 2.83 bits per heavy atom. The molecule has 3 rings (SSSR count). The maximum atomic E-state index is 12.3. The molecule has 0 atom stereocenters. The number of rotatable bonds is 2. The zero-order valence-corrected chi connectivity index (χ0v) is 12.5. The van der Waals surface area contributed by atoms with Crippen LogP contribution < -0.4 is 0 Å². The third-order valence-electron chi connectivity index (χ3n) is 3.58. The van der Waals surface area contributed by atoms with E-state index in [-0.39, 0.29) is 5.91 Å². The Labute approximate surface area is 119 Å². The molecular weight excluding hydrogens is 314 g/mol. The number of aromatic nitrogens is 1. The molecule has 0 spiro atoms. The van der Waals surface area contributed by atoms with Gasteiger partial charge >= 0.3 is 0 Å². The van der Waals surface area contributed by atoms with Crippen LogP contribution in [0.25, 0.3) is 0 Å². The molecule has 0 radical (unpaired) electrons. The third-order valence-corrected chi connectivity index (χ3v) is 4.94. The monoisotopic (exact) mass is 329 g/mol. The van der Waals surface area contributed by atoms with Crippen LogP contribution in [0, 0.1) is 0 Å². The lowest BCUT2D eigenvalue weighted by Gasteiger charge is -2.21. The Kier molecular flexibility index (Phi) is 3.68. The first kappa shape index (κ1) is 12.6. The summed E-state index contributed by atoms with van der Waals surface area (Å²) in [6.07, 6.45) is 3.76. The highest BCUT2D eigenvalue weighted by atomic mass is 79.9. The average Bonchev–Trinajstić information content (AvgIpc) is 3.14. The van der Waals surface area contributed by atoms with E-state index in [2.05, 4.69) is 25.8 Å². The van der Waals surface area contributed by atoms with Gasteiger partial charge in [0.25, 0.3) is 5.91 Å². The predicted molar refractivity (Wildman–Crippen MR) is 74.9 cm³/mol. The van der Waals surface area contributed by atoms with Crippen LogP contribution in [0.2, 0.25) is 0 Å². The highest BCUT2D eigenvalue weighted by molar-refractivity contribution is 9.11. The number of hydrogen-bond donors (Lipinski definition) is 0. The molecule has 4 nitrogen and oxygen atoms in total. The second kappa shape index (κ2) is 5.27. The van der Waals surface area contributed by atoms with Crippen molar-refractivity contribution in [1.82, 2.24) is 14.8 Å². The first-order chi connectivity index (χ1) is 8.74. The van der Waals surface area contributed by atoms with Gasteiger partial charge in [0, 0.05) is 37.6 Å². The van der Waals surface area contributed by atoms with Crippen LogP contribution in [0.15, 0.2) is 9.30 Å². The number of nitrogens with zero attached hydrogens (tertiary/aromatic N) is 3. The van der Waals surface area contributed by atoms with Gasteiger partial charge in [-0.15, -0.1) is 11.3 Å². The van der Waals surface area contributed by atoms with Crippen LogP contribution in [0.1, 0.15) is 29.8 Å². The van der Waals surface area contributed by atoms with Gasteiger partial charge in [0.05, 0.1) is 0 Å². The second-order valence-corrected chi connectivity index (χ2v) is 7.03. The molecule has 0 aromatic carbocycles. The van der Waals surface area contributed by atoms with E-state index >= 15 is 0 Å². The highest BCUT2D eigenvalue weighted by Crippen LogP contribution is 2.27. The van der Waals surface area contributed by atoms with Gasteiger partial charge < -0.3 is 4.90 Å². The fourth-order valence-electron chi connectivity index (χ4n) is 2.46. The molecule has 0 unspecified atom stereocenters. The number of halogens is 1. The van der Waals surface area contributed by atoms with Crippen molar-refractivity contribution in [2.24, 2.45) is 0 Å². The Morgan fingerprint density at radius 2 is 2.17 bits per heavy atom. The van der Waals surface area contributed by atoms with Gasteiger partial charge in [-0.25, -0.2) is 4.98 Å². The summed E-state index contributed by atoms with van der Waals surface area (Å²) < 4.78 is 0.778. The summed E-state index contributed by atoms with van der Waals surface area (Å²) in [5.41, 5.74) is 0.576. The molecule has 1 aliphatic carbocycles. The van der Waals surface area contributed by atoms with Crippen LogP contribution in [-0.4, -0.2) is 52.9 Å². The summed E-state index contributed by atoms with van der Waals surface area (Å²) in [6.45, 7) is 3.85. The van der Waals surface area contributed by atoms with Gasteiger partial charge in [0.15, 0.2) is 3.92 Å². The molecule has 2 fully saturated rings. The van der Waals surface area contributed by atoms with Gasteiger partial charge in [-0.1, -0.05) is 0 Å². The molecule has 1 aromatic rings. The van der Waals surface area contributed by atoms with Crippen molar-refractivity contribution >= 4 is 33.2 Å². The lowest BCUT2D eigenvalue weighted by atomic mass is 10.3. The number of amides is 1. The van der Waals surface area contributed by atoms with Crippen molar-refractivity contribution in [3.8, 4) is 0 Å². The maximum absolute atomic E-state index is 12.3. The quantitative estimate of drug-likeness (QED) is 0.834. The van der Waals surface area contributed by atoms with Crippen LogP contribution in [0.4, 0.5) is 0 Å². The summed E-state index contributed by atoms with van der Waals surface area (Å²) in [4.78, 5) is 21.0. The van der Waals surface area contributed by atoms with Crippen molar-refractivity contribution in [1.29, 1.82) is 0 Å². The lowest BCUT2D eigenvalue weighted by Crippen LogP contribution is -2.35. The van der Waals surface area contributed by atoms with Gasteiger partial charge in [-0.2, -0.15) is 0 Å². The molecule has 2 heterocycles. The second-order valence-electron chi connectivity index (χ2n) is 4.90. The molecule has 2 aliphatic rings. The zero-order valence-electron chi connectivity index (χ0n) is 10.1. The van der Waals surface area contributed by atoms with E-state index in [1.54, 1.807) is 0 Å². The van der Waals surface area contributed by atoms with E-state index in [0.717, 1.165) is 42.6 Å². The Hall–Kier alpha value is -0.460. The fraction of sp³-hybridized carbons (Fsp3) is 0.667. The van der Waals surface area contributed by atoms with Gasteiger partial charge in [-0.3, -0.25) is 9.69 Å². The maximum Gasteiger partial charge on any atom is 0.273 e. The molecule has 1 saturated carbocycles. The van der Waals surface area contributed by atoms with E-state index in [0.29, 0.717) is 5.69 Å². The van der Waals surface area contributed by atoms with Crippen LogP contribution in [0.3, 0.4) is 0 Å². The zero-order chi connectivity index (χ0) is 12.5. The molecule has 18 heavy (non-hydrogen) atoms. The first-order valence-corrected chi connectivity index (χ1v) is 8.05. The van der Waals surface area contributed by atoms with Crippen molar-refractivity contribution in [2.75, 3.05) is 26.2 Å². The van der Waals surface area contributed by atoms with Gasteiger partial charge in [0.1, 0.15) is 5.69 Å². The molecule has 1 aliphatic heterocycles. The topological polar surface area (TPSA) is 36.4 Å². The Bertz CT molecular complexity index is 446. The van der Waals surface area contributed by atoms with Crippen LogP contribution >= 0.6 is 27.3 Å². The van der Waals surface area contributed by atoms with Crippen LogP contribution in [-0.2, 0) is 0 Å². The summed E-state index contributed by atoms with van der Waals surface area (Å²) in [5.74, 6) is 0.0783. The summed E-state index contributed by atoms with van der Waals surface area (Å²) >= 11 is 4.77. The van der Waals surface area contributed by atoms with E-state index in [1.807, 2.05) is 10.3 Å². The predicted octanol–water partition coefficient (Wildman–Crippen LogP) is 2.22. The fourth-order valence-corrected chi connectivity index (χ4v) is 3.44. The number of carbonyl (C=O) groups is 1. The normalized spacial score (nSPS) is 21.9. The molecule has 1 saturated heterocycles. The van der Waals surface area contributed by atoms with Crippen molar-refractivity contribution < 1.29 is 4.79 Å². The van der Waals surface area contributed by atoms with Crippen molar-refractivity contribution in [3.63, 3.8) is 0 Å². The summed E-state index contributed by atoms with van der Waals surface area (Å²) in [5, 5.41) is 1.83. The Morgan fingerprint density at radius 1 is 1.33 bits per heavy atom. The number of thiazole rings is 1.